The van der Waals surface area contributed by atoms with Crippen molar-refractivity contribution < 1.29 is 0 Å². The molecule has 0 saturated carbocycles. The van der Waals surface area contributed by atoms with Crippen molar-refractivity contribution in [2.24, 2.45) is 0 Å². The van der Waals surface area contributed by atoms with Gasteiger partial charge in [0.2, 0.25) is 0 Å². The molecule has 21 heavy (non-hydrogen) atoms. The summed E-state index contributed by atoms with van der Waals surface area (Å²) in [7, 11) is 0. The van der Waals surface area contributed by atoms with Gasteiger partial charge in [-0.3, -0.25) is 4.68 Å². The van der Waals surface area contributed by atoms with Crippen molar-refractivity contribution in [2.45, 2.75) is 39.3 Å². The van der Waals surface area contributed by atoms with Gasteiger partial charge in [-0.15, -0.1) is 0 Å². The molecule has 0 amide bonds. The highest BCUT2D eigenvalue weighted by Gasteiger charge is 2.15. The number of nitrogens with one attached hydrogen (secondary N) is 1. The highest BCUT2D eigenvalue weighted by Crippen LogP contribution is 2.28. The molecule has 1 atom stereocenters. The van der Waals surface area contributed by atoms with Crippen molar-refractivity contribution in [3.05, 3.63) is 51.2 Å². The summed E-state index contributed by atoms with van der Waals surface area (Å²) in [4.78, 5) is 0. The smallest absolute Gasteiger partial charge is 0.0522 e. The summed E-state index contributed by atoms with van der Waals surface area (Å²) in [5.74, 6) is 0. The van der Waals surface area contributed by atoms with E-state index < -0.39 is 0 Å². The number of nitrogens with zero attached hydrogens (tertiary/aromatic N) is 2. The zero-order chi connectivity index (χ0) is 15.2. The van der Waals surface area contributed by atoms with E-state index in [1.165, 1.54) is 11.1 Å². The van der Waals surface area contributed by atoms with Gasteiger partial charge in [-0.25, -0.2) is 0 Å². The fourth-order valence-corrected chi connectivity index (χ4v) is 3.27. The van der Waals surface area contributed by atoms with Crippen LogP contribution in [0.15, 0.2) is 35.1 Å². The molecule has 1 N–H and O–H groups in total. The Kier molecular flexibility index (Phi) is 6.27. The molecule has 0 aliphatic carbocycles. The molecule has 2 aromatic rings. The van der Waals surface area contributed by atoms with Gasteiger partial charge >= 0.3 is 0 Å². The summed E-state index contributed by atoms with van der Waals surface area (Å²) in [6.45, 7) is 6.16. The second kappa shape index (κ2) is 7.97. The monoisotopic (exact) mass is 369 g/mol. The average Bonchev–Trinajstić information content (AvgIpc) is 2.91. The van der Waals surface area contributed by atoms with E-state index in [-0.39, 0.29) is 6.04 Å². The minimum Gasteiger partial charge on any atom is -0.310 e. The van der Waals surface area contributed by atoms with Crippen LogP contribution in [0.3, 0.4) is 0 Å². The van der Waals surface area contributed by atoms with Crippen molar-refractivity contribution in [3.8, 4) is 0 Å². The molecular weight excluding hydrogens is 350 g/mol. The lowest BCUT2D eigenvalue weighted by Crippen LogP contribution is -2.24. The first-order chi connectivity index (χ1) is 10.1. The Bertz CT molecular complexity index is 583. The van der Waals surface area contributed by atoms with Crippen LogP contribution in [0.1, 0.15) is 37.4 Å². The normalized spacial score (nSPS) is 12.6. The van der Waals surface area contributed by atoms with Crippen molar-refractivity contribution in [2.75, 3.05) is 6.54 Å². The minimum absolute atomic E-state index is 0.256. The van der Waals surface area contributed by atoms with E-state index in [9.17, 15) is 0 Å². The lowest BCUT2D eigenvalue weighted by atomic mass is 10.0. The third-order valence-electron chi connectivity index (χ3n) is 3.43. The van der Waals surface area contributed by atoms with E-state index in [0.29, 0.717) is 0 Å². The molecule has 1 unspecified atom stereocenters. The molecule has 5 heteroatoms. The Morgan fingerprint density at radius 1 is 1.38 bits per heavy atom. The quantitative estimate of drug-likeness (QED) is 0.772. The van der Waals surface area contributed by atoms with Crippen LogP contribution in [0.25, 0.3) is 0 Å². The largest absolute Gasteiger partial charge is 0.310 e. The summed E-state index contributed by atoms with van der Waals surface area (Å²) in [6.07, 6.45) is 6.09. The second-order valence-corrected chi connectivity index (χ2v) is 6.37. The first-order valence-corrected chi connectivity index (χ1v) is 8.50. The van der Waals surface area contributed by atoms with Crippen LogP contribution in [0.4, 0.5) is 0 Å². The summed E-state index contributed by atoms with van der Waals surface area (Å²) in [5.41, 5.74) is 2.48. The molecule has 0 fully saturated rings. The molecule has 0 saturated heterocycles. The van der Waals surface area contributed by atoms with E-state index in [2.05, 4.69) is 52.5 Å². The highest BCUT2D eigenvalue weighted by atomic mass is 79.9. The third kappa shape index (κ3) is 4.56. The first-order valence-electron chi connectivity index (χ1n) is 7.33. The van der Waals surface area contributed by atoms with Gasteiger partial charge in [-0.1, -0.05) is 40.5 Å². The van der Waals surface area contributed by atoms with Crippen LogP contribution < -0.4 is 5.32 Å². The number of rotatable bonds is 7. The van der Waals surface area contributed by atoms with Gasteiger partial charge in [0.15, 0.2) is 0 Å². The van der Waals surface area contributed by atoms with E-state index in [1.807, 2.05) is 23.0 Å². The summed E-state index contributed by atoms with van der Waals surface area (Å²) in [5, 5.41) is 8.71. The molecule has 1 aromatic heterocycles. The maximum atomic E-state index is 6.04. The van der Waals surface area contributed by atoms with Crippen LogP contribution in [0.2, 0.25) is 5.02 Å². The van der Waals surface area contributed by atoms with Gasteiger partial charge in [0.25, 0.3) is 0 Å². The molecule has 0 aliphatic heterocycles. The van der Waals surface area contributed by atoms with E-state index in [0.717, 1.165) is 35.4 Å². The lowest BCUT2D eigenvalue weighted by molar-refractivity contribution is 0.527. The van der Waals surface area contributed by atoms with Crippen LogP contribution in [-0.2, 0) is 13.0 Å². The number of benzene rings is 1. The van der Waals surface area contributed by atoms with Gasteiger partial charge in [0.05, 0.1) is 6.20 Å². The number of aromatic nitrogens is 2. The molecular formula is C16H21BrClN3. The Morgan fingerprint density at radius 3 is 2.81 bits per heavy atom. The fraction of sp³-hybridized carbons (Fsp3) is 0.438. The standard InChI is InChI=1S/C16H21BrClN3/c1-3-7-19-16(8-12-10-20-21(4-2)11-12)14-6-5-13(18)9-15(14)17/h5-6,9-11,16,19H,3-4,7-8H2,1-2H3. The third-order valence-corrected chi connectivity index (χ3v) is 4.35. The Balaban J connectivity index is 2.20. The zero-order valence-corrected chi connectivity index (χ0v) is 14.8. The van der Waals surface area contributed by atoms with E-state index in [4.69, 9.17) is 11.6 Å². The SMILES string of the molecule is CCCNC(Cc1cnn(CC)c1)c1ccc(Cl)cc1Br. The minimum atomic E-state index is 0.256. The van der Waals surface area contributed by atoms with Crippen LogP contribution in [-0.4, -0.2) is 16.3 Å². The molecule has 0 spiro atoms. The van der Waals surface area contributed by atoms with Gasteiger partial charge in [0.1, 0.15) is 0 Å². The van der Waals surface area contributed by atoms with Crippen molar-refractivity contribution >= 4 is 27.5 Å². The fourth-order valence-electron chi connectivity index (χ4n) is 2.32. The van der Waals surface area contributed by atoms with E-state index in [1.54, 1.807) is 0 Å². The molecule has 114 valence electrons. The predicted molar refractivity (Wildman–Crippen MR) is 91.8 cm³/mol. The van der Waals surface area contributed by atoms with Crippen LogP contribution >= 0.6 is 27.5 Å². The van der Waals surface area contributed by atoms with Gasteiger partial charge in [-0.05, 0) is 49.6 Å². The maximum Gasteiger partial charge on any atom is 0.0522 e. The average molecular weight is 371 g/mol. The summed E-state index contributed by atoms with van der Waals surface area (Å²) < 4.78 is 3.01. The van der Waals surface area contributed by atoms with Gasteiger partial charge < -0.3 is 5.32 Å². The molecule has 1 heterocycles. The Morgan fingerprint density at radius 2 is 2.19 bits per heavy atom. The van der Waals surface area contributed by atoms with Crippen LogP contribution in [0, 0.1) is 0 Å². The van der Waals surface area contributed by atoms with Crippen molar-refractivity contribution in [3.63, 3.8) is 0 Å². The van der Waals surface area contributed by atoms with Crippen molar-refractivity contribution in [1.29, 1.82) is 0 Å². The summed E-state index contributed by atoms with van der Waals surface area (Å²) in [6, 6.07) is 6.24. The Labute approximate surface area is 139 Å². The number of aryl methyl sites for hydroxylation is 1. The maximum absolute atomic E-state index is 6.04. The van der Waals surface area contributed by atoms with Gasteiger partial charge in [0, 0.05) is 28.3 Å². The molecule has 0 bridgehead atoms. The van der Waals surface area contributed by atoms with Gasteiger partial charge in [-0.2, -0.15) is 5.10 Å². The Hall–Kier alpha value is -0.840. The lowest BCUT2D eigenvalue weighted by Gasteiger charge is -2.20. The molecule has 3 nitrogen and oxygen atoms in total. The highest BCUT2D eigenvalue weighted by molar-refractivity contribution is 9.10. The second-order valence-electron chi connectivity index (χ2n) is 5.08. The number of hydrogen-bond donors (Lipinski definition) is 1. The zero-order valence-electron chi connectivity index (χ0n) is 12.4. The molecule has 2 rings (SSSR count). The predicted octanol–water partition coefficient (Wildman–Crippen LogP) is 4.60. The number of hydrogen-bond acceptors (Lipinski definition) is 2. The number of halogens is 2. The molecule has 0 aliphatic rings. The molecule has 1 aromatic carbocycles. The topological polar surface area (TPSA) is 29.9 Å². The van der Waals surface area contributed by atoms with Crippen molar-refractivity contribution in [1.82, 2.24) is 15.1 Å². The molecule has 0 radical (unpaired) electrons. The van der Waals surface area contributed by atoms with E-state index >= 15 is 0 Å². The van der Waals surface area contributed by atoms with Crippen LogP contribution in [0.5, 0.6) is 0 Å². The summed E-state index contributed by atoms with van der Waals surface area (Å²) >= 11 is 9.67. The first kappa shape index (κ1) is 16.5.